The van der Waals surface area contributed by atoms with Gasteiger partial charge in [0.1, 0.15) is 23.6 Å². The predicted molar refractivity (Wildman–Crippen MR) is 150 cm³/mol. The normalized spacial score (nSPS) is 15.2. The summed E-state index contributed by atoms with van der Waals surface area (Å²) >= 11 is 0. The molecule has 41 heavy (non-hydrogen) atoms. The number of aryl methyl sites for hydroxylation is 1. The summed E-state index contributed by atoms with van der Waals surface area (Å²) in [6, 6.07) is 13.1. The maximum absolute atomic E-state index is 14.4. The lowest BCUT2D eigenvalue weighted by atomic mass is 9.98. The summed E-state index contributed by atoms with van der Waals surface area (Å²) in [4.78, 5) is 9.85. The standard InChI is InChI=1S/C30H29FN8O2/c1-38-17-33-37-30(38)25-11-21(31)5-7-24(25)19-9-26(18-3-4-18)36-28(10-19)39-14-20(12-34-39)29-27(40-2)8-6-22(35-29)13-32-23-15-41-16-23/h5-12,14,17-18,23,32H,3-4,13,15-16H2,1-2H3. The van der Waals surface area contributed by atoms with Crippen molar-refractivity contribution in [3.63, 3.8) is 0 Å². The van der Waals surface area contributed by atoms with Crippen LogP contribution in [-0.4, -0.2) is 60.9 Å². The second-order valence-electron chi connectivity index (χ2n) is 10.5. The zero-order valence-corrected chi connectivity index (χ0v) is 22.8. The number of rotatable bonds is 9. The molecular weight excluding hydrogens is 523 g/mol. The minimum atomic E-state index is -0.333. The van der Waals surface area contributed by atoms with E-state index in [9.17, 15) is 4.39 Å². The highest BCUT2D eigenvalue weighted by molar-refractivity contribution is 5.81. The maximum Gasteiger partial charge on any atom is 0.164 e. The number of hydrogen-bond acceptors (Lipinski definition) is 8. The lowest BCUT2D eigenvalue weighted by Gasteiger charge is -2.26. The third-order valence-corrected chi connectivity index (χ3v) is 7.51. The first-order valence-electron chi connectivity index (χ1n) is 13.6. The molecule has 2 fully saturated rings. The number of nitrogens with one attached hydrogen (secondary N) is 1. The van der Waals surface area contributed by atoms with Crippen molar-refractivity contribution < 1.29 is 13.9 Å². The van der Waals surface area contributed by atoms with Crippen molar-refractivity contribution in [1.29, 1.82) is 0 Å². The van der Waals surface area contributed by atoms with Crippen molar-refractivity contribution in [2.45, 2.75) is 31.3 Å². The van der Waals surface area contributed by atoms with Gasteiger partial charge in [0.25, 0.3) is 0 Å². The van der Waals surface area contributed by atoms with Crippen molar-refractivity contribution in [2.75, 3.05) is 20.3 Å². The molecule has 1 saturated carbocycles. The van der Waals surface area contributed by atoms with E-state index in [1.165, 1.54) is 12.1 Å². The third-order valence-electron chi connectivity index (χ3n) is 7.51. The molecule has 0 spiro atoms. The highest BCUT2D eigenvalue weighted by Crippen LogP contribution is 2.42. The molecular formula is C30H29FN8O2. The molecule has 1 aliphatic carbocycles. The van der Waals surface area contributed by atoms with Gasteiger partial charge >= 0.3 is 0 Å². The number of nitrogens with zero attached hydrogens (tertiary/aromatic N) is 7. The molecule has 4 aromatic heterocycles. The Morgan fingerprint density at radius 1 is 1.05 bits per heavy atom. The van der Waals surface area contributed by atoms with Gasteiger partial charge in [-0.2, -0.15) is 5.10 Å². The zero-order chi connectivity index (χ0) is 27.9. The molecule has 208 valence electrons. The molecule has 1 aliphatic heterocycles. The SMILES string of the molecule is COc1ccc(CNC2COC2)nc1-c1cnn(-c2cc(-c3ccc(F)cc3-c3nncn3C)cc(C3CC3)n2)c1. The molecule has 1 saturated heterocycles. The van der Waals surface area contributed by atoms with Crippen LogP contribution in [0.2, 0.25) is 0 Å². The lowest BCUT2D eigenvalue weighted by molar-refractivity contribution is -0.00590. The van der Waals surface area contributed by atoms with Gasteiger partial charge in [-0.15, -0.1) is 10.2 Å². The van der Waals surface area contributed by atoms with Gasteiger partial charge in [0, 0.05) is 42.5 Å². The molecule has 10 nitrogen and oxygen atoms in total. The van der Waals surface area contributed by atoms with Crippen molar-refractivity contribution in [1.82, 2.24) is 39.8 Å². The first-order valence-corrected chi connectivity index (χ1v) is 13.6. The first-order chi connectivity index (χ1) is 20.1. The van der Waals surface area contributed by atoms with Crippen molar-refractivity contribution in [2.24, 2.45) is 7.05 Å². The summed E-state index contributed by atoms with van der Waals surface area (Å²) in [6.07, 6.45) is 7.48. The van der Waals surface area contributed by atoms with E-state index in [0.29, 0.717) is 47.2 Å². The van der Waals surface area contributed by atoms with Crippen LogP contribution in [0, 0.1) is 5.82 Å². The Hall–Kier alpha value is -4.48. The van der Waals surface area contributed by atoms with Crippen LogP contribution in [0.15, 0.2) is 61.2 Å². The number of pyridine rings is 2. The maximum atomic E-state index is 14.4. The van der Waals surface area contributed by atoms with E-state index in [0.717, 1.165) is 54.1 Å². The van der Waals surface area contributed by atoms with Crippen LogP contribution in [-0.2, 0) is 18.3 Å². The van der Waals surface area contributed by atoms with Gasteiger partial charge in [-0.1, -0.05) is 6.07 Å². The number of methoxy groups -OCH3 is 1. The minimum absolute atomic E-state index is 0.333. The highest BCUT2D eigenvalue weighted by Gasteiger charge is 2.27. The van der Waals surface area contributed by atoms with Crippen LogP contribution >= 0.6 is 0 Å². The van der Waals surface area contributed by atoms with E-state index in [1.54, 1.807) is 34.9 Å². The second-order valence-corrected chi connectivity index (χ2v) is 10.5. The molecule has 5 heterocycles. The molecule has 1 N–H and O–H groups in total. The molecule has 7 rings (SSSR count). The summed E-state index contributed by atoms with van der Waals surface area (Å²) in [5.41, 5.74) is 5.85. The molecule has 1 aromatic carbocycles. The van der Waals surface area contributed by atoms with Gasteiger partial charge in [-0.3, -0.25) is 0 Å². The molecule has 11 heteroatoms. The summed E-state index contributed by atoms with van der Waals surface area (Å²) in [7, 11) is 3.48. The van der Waals surface area contributed by atoms with Gasteiger partial charge in [-0.25, -0.2) is 19.0 Å². The average molecular weight is 553 g/mol. The lowest BCUT2D eigenvalue weighted by Crippen LogP contribution is -2.45. The molecule has 5 aromatic rings. The van der Waals surface area contributed by atoms with Gasteiger partial charge in [-0.05, 0) is 60.4 Å². The number of halogens is 1. The minimum Gasteiger partial charge on any atom is -0.494 e. The number of hydrogen-bond donors (Lipinski definition) is 1. The van der Waals surface area contributed by atoms with E-state index < -0.39 is 0 Å². The first kappa shape index (κ1) is 25.5. The van der Waals surface area contributed by atoms with Crippen LogP contribution in [0.1, 0.15) is 30.1 Å². The molecule has 0 unspecified atom stereocenters. The topological polar surface area (TPSA) is 105 Å². The molecule has 0 radical (unpaired) electrons. The molecule has 2 aliphatic rings. The van der Waals surface area contributed by atoms with Crippen molar-refractivity contribution in [3.8, 4) is 45.3 Å². The zero-order valence-electron chi connectivity index (χ0n) is 22.8. The Morgan fingerprint density at radius 2 is 1.93 bits per heavy atom. The van der Waals surface area contributed by atoms with E-state index in [2.05, 4.69) is 26.7 Å². The van der Waals surface area contributed by atoms with Crippen LogP contribution in [0.5, 0.6) is 5.75 Å². The summed E-state index contributed by atoms with van der Waals surface area (Å²) in [5.74, 6) is 1.99. The van der Waals surface area contributed by atoms with Crippen molar-refractivity contribution in [3.05, 3.63) is 78.4 Å². The highest BCUT2D eigenvalue weighted by atomic mass is 19.1. The van der Waals surface area contributed by atoms with Crippen molar-refractivity contribution >= 4 is 0 Å². The quantitative estimate of drug-likeness (QED) is 0.289. The fourth-order valence-corrected chi connectivity index (χ4v) is 5.01. The Bertz CT molecular complexity index is 1720. The summed E-state index contributed by atoms with van der Waals surface area (Å²) in [5, 5.41) is 16.4. The average Bonchev–Trinajstić information content (AvgIpc) is 3.54. The summed E-state index contributed by atoms with van der Waals surface area (Å²) < 4.78 is 28.8. The van der Waals surface area contributed by atoms with Crippen LogP contribution in [0.4, 0.5) is 4.39 Å². The van der Waals surface area contributed by atoms with Gasteiger partial charge in [0.2, 0.25) is 0 Å². The fourth-order valence-electron chi connectivity index (χ4n) is 5.01. The Morgan fingerprint density at radius 3 is 2.66 bits per heavy atom. The smallest absolute Gasteiger partial charge is 0.164 e. The predicted octanol–water partition coefficient (Wildman–Crippen LogP) is 4.31. The molecule has 0 amide bonds. The van der Waals surface area contributed by atoms with E-state index in [1.807, 2.05) is 31.4 Å². The number of aromatic nitrogens is 7. The monoisotopic (exact) mass is 552 g/mol. The Balaban J connectivity index is 1.27. The largest absolute Gasteiger partial charge is 0.494 e. The van der Waals surface area contributed by atoms with Gasteiger partial charge in [0.15, 0.2) is 11.6 Å². The molecule has 0 bridgehead atoms. The summed E-state index contributed by atoms with van der Waals surface area (Å²) in [6.45, 7) is 2.09. The van der Waals surface area contributed by atoms with Gasteiger partial charge < -0.3 is 19.4 Å². The molecule has 0 atom stereocenters. The number of benzene rings is 1. The van der Waals surface area contributed by atoms with Gasteiger partial charge in [0.05, 0.1) is 38.3 Å². The van der Waals surface area contributed by atoms with Crippen LogP contribution < -0.4 is 10.1 Å². The third kappa shape index (κ3) is 5.09. The van der Waals surface area contributed by atoms with E-state index in [-0.39, 0.29) is 5.82 Å². The number of ether oxygens (including phenoxy) is 2. The fraction of sp³-hybridized carbons (Fsp3) is 0.300. The Labute approximate surface area is 236 Å². The Kier molecular flexibility index (Phi) is 6.52. The van der Waals surface area contributed by atoms with Crippen LogP contribution in [0.3, 0.4) is 0 Å². The second kappa shape index (κ2) is 10.5. The van der Waals surface area contributed by atoms with E-state index in [4.69, 9.17) is 19.4 Å². The van der Waals surface area contributed by atoms with E-state index >= 15 is 0 Å². The van der Waals surface area contributed by atoms with Crippen LogP contribution in [0.25, 0.3) is 39.6 Å².